The van der Waals surface area contributed by atoms with Crippen molar-refractivity contribution in [3.8, 4) is 11.8 Å². The van der Waals surface area contributed by atoms with Gasteiger partial charge in [0.2, 0.25) is 0 Å². The highest BCUT2D eigenvalue weighted by molar-refractivity contribution is 7.98. The molecule has 0 spiro atoms. The van der Waals surface area contributed by atoms with Gasteiger partial charge in [-0.05, 0) is 6.26 Å². The first-order valence-corrected chi connectivity index (χ1v) is 5.15. The predicted octanol–water partition coefficient (Wildman–Crippen LogP) is 0.240. The van der Waals surface area contributed by atoms with E-state index in [1.165, 1.54) is 18.0 Å². The SMILES string of the molecule is CSc1ncc(C#CCO)c(C(=O)O)n1. The molecule has 0 atom stereocenters. The van der Waals surface area contributed by atoms with Crippen LogP contribution in [0.5, 0.6) is 0 Å². The molecule has 1 aromatic rings. The third-order valence-corrected chi connectivity index (χ3v) is 2.02. The van der Waals surface area contributed by atoms with Crippen LogP contribution in [0.3, 0.4) is 0 Å². The number of carboxylic acid groups (broad SMARTS) is 1. The van der Waals surface area contributed by atoms with Crippen LogP contribution in [0.2, 0.25) is 0 Å². The number of aliphatic hydroxyl groups is 1. The first-order chi connectivity index (χ1) is 7.19. The van der Waals surface area contributed by atoms with E-state index in [-0.39, 0.29) is 17.9 Å². The summed E-state index contributed by atoms with van der Waals surface area (Å²) in [5.41, 5.74) is 0.0599. The second kappa shape index (κ2) is 5.34. The molecule has 0 aromatic carbocycles. The van der Waals surface area contributed by atoms with Crippen molar-refractivity contribution >= 4 is 17.7 Å². The number of aromatic nitrogens is 2. The molecule has 1 aromatic heterocycles. The highest BCUT2D eigenvalue weighted by Gasteiger charge is 2.12. The molecule has 0 unspecified atom stereocenters. The van der Waals surface area contributed by atoms with Gasteiger partial charge >= 0.3 is 5.97 Å². The number of aliphatic hydroxyl groups excluding tert-OH is 1. The van der Waals surface area contributed by atoms with Gasteiger partial charge in [0, 0.05) is 6.20 Å². The Balaban J connectivity index is 3.21. The summed E-state index contributed by atoms with van der Waals surface area (Å²) in [6.45, 7) is -0.330. The van der Waals surface area contributed by atoms with E-state index in [0.29, 0.717) is 5.16 Å². The summed E-state index contributed by atoms with van der Waals surface area (Å²) in [5.74, 6) is 3.68. The Bertz CT molecular complexity index is 437. The van der Waals surface area contributed by atoms with Gasteiger partial charge in [-0.2, -0.15) is 0 Å². The summed E-state index contributed by atoms with van der Waals surface area (Å²) in [6.07, 6.45) is 3.09. The Morgan fingerprint density at radius 1 is 1.67 bits per heavy atom. The average Bonchev–Trinajstić information content (AvgIpc) is 2.26. The third-order valence-electron chi connectivity index (χ3n) is 1.45. The minimum Gasteiger partial charge on any atom is -0.476 e. The van der Waals surface area contributed by atoms with Gasteiger partial charge in [0.1, 0.15) is 6.61 Å². The van der Waals surface area contributed by atoms with E-state index >= 15 is 0 Å². The van der Waals surface area contributed by atoms with Gasteiger partial charge < -0.3 is 10.2 Å². The number of nitrogens with zero attached hydrogens (tertiary/aromatic N) is 2. The first kappa shape index (κ1) is 11.5. The molecule has 0 aliphatic heterocycles. The molecule has 15 heavy (non-hydrogen) atoms. The van der Waals surface area contributed by atoms with Crippen LogP contribution in [-0.4, -0.2) is 39.0 Å². The molecule has 0 amide bonds. The van der Waals surface area contributed by atoms with Gasteiger partial charge in [0.15, 0.2) is 10.9 Å². The standard InChI is InChI=1S/C9H8N2O3S/c1-15-9-10-5-6(3-2-4-12)7(11-9)8(13)14/h5,12H,4H2,1H3,(H,13,14). The Hall–Kier alpha value is -1.58. The molecule has 78 valence electrons. The van der Waals surface area contributed by atoms with E-state index < -0.39 is 5.97 Å². The Morgan fingerprint density at radius 2 is 2.40 bits per heavy atom. The normalized spacial score (nSPS) is 9.20. The molecule has 0 radical (unpaired) electrons. The van der Waals surface area contributed by atoms with E-state index in [1.807, 2.05) is 0 Å². The lowest BCUT2D eigenvalue weighted by atomic mass is 10.2. The maximum absolute atomic E-state index is 10.8. The summed E-state index contributed by atoms with van der Waals surface area (Å²) in [7, 11) is 0. The quantitative estimate of drug-likeness (QED) is 0.425. The number of carbonyl (C=O) groups is 1. The molecule has 5 nitrogen and oxygen atoms in total. The van der Waals surface area contributed by atoms with Crippen LogP contribution in [0.4, 0.5) is 0 Å². The Labute approximate surface area is 90.6 Å². The fourth-order valence-electron chi connectivity index (χ4n) is 0.853. The van der Waals surface area contributed by atoms with Gasteiger partial charge in [0.25, 0.3) is 0 Å². The monoisotopic (exact) mass is 224 g/mol. The molecule has 0 aliphatic rings. The van der Waals surface area contributed by atoms with Crippen molar-refractivity contribution in [2.45, 2.75) is 5.16 Å². The second-order valence-electron chi connectivity index (χ2n) is 2.38. The second-order valence-corrected chi connectivity index (χ2v) is 3.16. The van der Waals surface area contributed by atoms with Gasteiger partial charge in [-0.15, -0.1) is 0 Å². The summed E-state index contributed by atoms with van der Waals surface area (Å²) in [6, 6.07) is 0. The van der Waals surface area contributed by atoms with Crippen molar-refractivity contribution < 1.29 is 15.0 Å². The number of rotatable bonds is 2. The largest absolute Gasteiger partial charge is 0.476 e. The van der Waals surface area contributed by atoms with E-state index in [1.54, 1.807) is 6.26 Å². The first-order valence-electron chi connectivity index (χ1n) is 3.93. The van der Waals surface area contributed by atoms with Gasteiger partial charge in [0.05, 0.1) is 5.56 Å². The van der Waals surface area contributed by atoms with Crippen LogP contribution in [0.15, 0.2) is 11.4 Å². The van der Waals surface area contributed by atoms with Crippen molar-refractivity contribution in [2.75, 3.05) is 12.9 Å². The summed E-state index contributed by atoms with van der Waals surface area (Å²) >= 11 is 1.25. The zero-order valence-electron chi connectivity index (χ0n) is 7.89. The third kappa shape index (κ3) is 2.94. The lowest BCUT2D eigenvalue weighted by Gasteiger charge is -1.99. The van der Waals surface area contributed by atoms with Crippen molar-refractivity contribution in [3.05, 3.63) is 17.5 Å². The van der Waals surface area contributed by atoms with E-state index in [0.717, 1.165) is 0 Å². The number of hydrogen-bond donors (Lipinski definition) is 2. The molecule has 0 bridgehead atoms. The fraction of sp³-hybridized carbons (Fsp3) is 0.222. The molecular weight excluding hydrogens is 216 g/mol. The average molecular weight is 224 g/mol. The van der Waals surface area contributed by atoms with E-state index in [2.05, 4.69) is 21.8 Å². The van der Waals surface area contributed by atoms with Crippen LogP contribution in [0, 0.1) is 11.8 Å². The van der Waals surface area contributed by atoms with Crippen molar-refractivity contribution in [1.29, 1.82) is 0 Å². The number of aromatic carboxylic acids is 1. The lowest BCUT2D eigenvalue weighted by molar-refractivity contribution is 0.0689. The maximum Gasteiger partial charge on any atom is 0.355 e. The number of hydrogen-bond acceptors (Lipinski definition) is 5. The minimum atomic E-state index is -1.16. The molecule has 0 saturated heterocycles. The van der Waals surface area contributed by atoms with Crippen LogP contribution < -0.4 is 0 Å². The minimum absolute atomic E-state index is 0.143. The lowest BCUT2D eigenvalue weighted by Crippen LogP contribution is -2.06. The molecule has 0 saturated carbocycles. The molecule has 0 aliphatic carbocycles. The van der Waals surface area contributed by atoms with E-state index in [9.17, 15) is 4.79 Å². The topological polar surface area (TPSA) is 83.3 Å². The Morgan fingerprint density at radius 3 is 2.93 bits per heavy atom. The van der Waals surface area contributed by atoms with Crippen molar-refractivity contribution in [2.24, 2.45) is 0 Å². The fourth-order valence-corrected chi connectivity index (χ4v) is 1.19. The maximum atomic E-state index is 10.8. The van der Waals surface area contributed by atoms with Crippen molar-refractivity contribution in [1.82, 2.24) is 9.97 Å². The van der Waals surface area contributed by atoms with E-state index in [4.69, 9.17) is 10.2 Å². The molecule has 6 heteroatoms. The van der Waals surface area contributed by atoms with Crippen LogP contribution >= 0.6 is 11.8 Å². The summed E-state index contributed by atoms with van der Waals surface area (Å²) in [4.78, 5) is 18.5. The van der Waals surface area contributed by atoms with Crippen molar-refractivity contribution in [3.63, 3.8) is 0 Å². The molecule has 0 fully saturated rings. The van der Waals surface area contributed by atoms with Crippen LogP contribution in [0.25, 0.3) is 0 Å². The Kier molecular flexibility index (Phi) is 4.09. The highest BCUT2D eigenvalue weighted by atomic mass is 32.2. The smallest absolute Gasteiger partial charge is 0.355 e. The molecule has 1 rings (SSSR count). The van der Waals surface area contributed by atoms with Gasteiger partial charge in [-0.25, -0.2) is 14.8 Å². The zero-order chi connectivity index (χ0) is 11.3. The van der Waals surface area contributed by atoms with Gasteiger partial charge in [-0.3, -0.25) is 0 Å². The molecular formula is C9H8N2O3S. The number of thioether (sulfide) groups is 1. The number of carboxylic acids is 1. The molecule has 2 N–H and O–H groups in total. The summed E-state index contributed by atoms with van der Waals surface area (Å²) in [5, 5.41) is 17.7. The van der Waals surface area contributed by atoms with Crippen LogP contribution in [-0.2, 0) is 0 Å². The van der Waals surface area contributed by atoms with Crippen LogP contribution in [0.1, 0.15) is 16.1 Å². The predicted molar refractivity (Wildman–Crippen MR) is 54.7 cm³/mol. The summed E-state index contributed by atoms with van der Waals surface area (Å²) < 4.78 is 0. The molecule has 1 heterocycles. The van der Waals surface area contributed by atoms with Gasteiger partial charge in [-0.1, -0.05) is 23.6 Å². The highest BCUT2D eigenvalue weighted by Crippen LogP contribution is 2.11. The zero-order valence-corrected chi connectivity index (χ0v) is 8.71.